The molecule has 0 radical (unpaired) electrons. The van der Waals surface area contributed by atoms with Crippen molar-refractivity contribution in [3.63, 3.8) is 0 Å². The van der Waals surface area contributed by atoms with Crippen molar-refractivity contribution < 1.29 is 64.4 Å². The van der Waals surface area contributed by atoms with Crippen molar-refractivity contribution in [3.8, 4) is 0 Å². The summed E-state index contributed by atoms with van der Waals surface area (Å²) in [5.74, 6) is 0. The average molecular weight is 551 g/mol. The molecule has 0 aromatic carbocycles. The Morgan fingerprint density at radius 1 is 0.353 bits per heavy atom. The van der Waals surface area contributed by atoms with Gasteiger partial charge in [-0.15, -0.1) is 0 Å². The van der Waals surface area contributed by atoms with E-state index in [1.54, 1.807) is 0 Å². The quantitative estimate of drug-likeness (QED) is 0.252. The number of hydrogen-bond acceptors (Lipinski definition) is 0. The molecule has 0 saturated heterocycles. The van der Waals surface area contributed by atoms with E-state index in [2.05, 4.69) is 0 Å². The summed E-state index contributed by atoms with van der Waals surface area (Å²) in [4.78, 5) is 0. The average Bonchev–Trinajstić information content (AvgIpc) is 1.67. The van der Waals surface area contributed by atoms with Crippen LogP contribution in [0.3, 0.4) is 0 Å². The third-order valence-corrected chi connectivity index (χ3v) is 79.2. The number of rotatable bonds is 4. The fourth-order valence-corrected chi connectivity index (χ4v) is 44.9. The Bertz CT molecular complexity index is 211. The van der Waals surface area contributed by atoms with Crippen LogP contribution in [0.25, 0.3) is 0 Å². The van der Waals surface area contributed by atoms with Crippen molar-refractivity contribution in [2.45, 2.75) is 0 Å². The minimum atomic E-state index is -9.60. The van der Waals surface area contributed by atoms with Crippen LogP contribution in [0.15, 0.2) is 0 Å². The molecule has 0 aliphatic rings. The second kappa shape index (κ2) is 4.84. The first-order valence-electron chi connectivity index (χ1n) is 2.90. The first kappa shape index (κ1) is 18.6. The van der Waals surface area contributed by atoms with Gasteiger partial charge in [0.2, 0.25) is 0 Å². The van der Waals surface area contributed by atoms with Gasteiger partial charge in [-0.1, -0.05) is 0 Å². The van der Waals surface area contributed by atoms with Gasteiger partial charge in [0.05, 0.1) is 0 Å². The molecular weight excluding hydrogens is 547 g/mol. The second-order valence-electron chi connectivity index (χ2n) is 2.05. The van der Waals surface area contributed by atoms with Crippen LogP contribution in [0.5, 0.6) is 0 Å². The molecule has 118 valence electrons. The Kier molecular flexibility index (Phi) is 5.29. The molecule has 0 rings (SSSR count). The van der Waals surface area contributed by atoms with Crippen LogP contribution in [-0.4, -0.2) is 0 Å². The monoisotopic (exact) mass is 551 g/mol. The fraction of sp³-hybridized carbons (Fsp3) is 0. The zero-order valence-corrected chi connectivity index (χ0v) is 13.1. The van der Waals surface area contributed by atoms with Crippen LogP contribution in [0.4, 0.5) is 50.4 Å². The van der Waals surface area contributed by atoms with E-state index in [0.29, 0.717) is 0 Å². The molecule has 0 nitrogen and oxygen atoms in total. The molecular formula is H4F12P4Pt. The van der Waals surface area contributed by atoms with Crippen LogP contribution in [-0.2, 0) is 14.0 Å². The van der Waals surface area contributed by atoms with E-state index in [1.165, 1.54) is 0 Å². The molecule has 0 heterocycles. The van der Waals surface area contributed by atoms with E-state index < -0.39 is 39.2 Å². The summed E-state index contributed by atoms with van der Waals surface area (Å²) in [5, 5.41) is 0. The molecule has 0 N–H and O–H groups in total. The van der Waals surface area contributed by atoms with E-state index in [0.717, 1.165) is 0 Å². The molecule has 0 aromatic heterocycles. The molecule has 0 spiro atoms. The Balaban J connectivity index is 6.37. The maximum atomic E-state index is 12.0. The summed E-state index contributed by atoms with van der Waals surface area (Å²) in [6, 6.07) is 0. The molecule has 17 heavy (non-hydrogen) atoms. The molecule has 0 aliphatic carbocycles. The summed E-state index contributed by atoms with van der Waals surface area (Å²) in [6.45, 7) is 0. The number of halogens is 12. The summed E-state index contributed by atoms with van der Waals surface area (Å²) in [6.07, 6.45) is -35.4. The summed E-state index contributed by atoms with van der Waals surface area (Å²) >= 11 is -9.60. The van der Waals surface area contributed by atoms with Crippen molar-refractivity contribution in [2.75, 3.05) is 0 Å². The molecule has 17 heteroatoms. The zero-order chi connectivity index (χ0) is 14.5. The van der Waals surface area contributed by atoms with Crippen molar-refractivity contribution in [1.82, 2.24) is 0 Å². The van der Waals surface area contributed by atoms with Crippen LogP contribution >= 0.6 is 25.1 Å². The summed E-state index contributed by atoms with van der Waals surface area (Å²) in [5.41, 5.74) is 0. The van der Waals surface area contributed by atoms with Crippen LogP contribution in [0.2, 0.25) is 0 Å². The first-order chi connectivity index (χ1) is 7.00. The van der Waals surface area contributed by atoms with Crippen LogP contribution in [0, 0.1) is 0 Å². The fourth-order valence-electron chi connectivity index (χ4n) is 0.610. The van der Waals surface area contributed by atoms with Crippen molar-refractivity contribution >= 4 is 25.1 Å². The Morgan fingerprint density at radius 2 is 0.471 bits per heavy atom. The number of hydrogen-bond donors (Lipinski definition) is 0. The molecule has 0 aliphatic heterocycles. The zero-order valence-electron chi connectivity index (χ0n) is 6.85. The maximum absolute atomic E-state index is 12.0. The van der Waals surface area contributed by atoms with Gasteiger partial charge in [0.15, 0.2) is 0 Å². The normalized spacial score (nSPS) is 24.7. The van der Waals surface area contributed by atoms with Gasteiger partial charge in [-0.3, -0.25) is 0 Å². The molecule has 0 aromatic rings. The van der Waals surface area contributed by atoms with Gasteiger partial charge in [-0.05, 0) is 0 Å². The molecule has 0 saturated carbocycles. The van der Waals surface area contributed by atoms with E-state index in [-0.39, 0.29) is 0 Å². The van der Waals surface area contributed by atoms with Gasteiger partial charge in [-0.25, -0.2) is 0 Å². The Hall–Kier alpha value is 1.57. The standard InChI is InChI=1S/4F3HP.Pt/c4*1-4(2)3;/h4*4H;/q4*+1;-4. The molecule has 0 bridgehead atoms. The Labute approximate surface area is 89.9 Å². The predicted octanol–water partition coefficient (Wildman–Crippen LogP) is 7.41. The summed E-state index contributed by atoms with van der Waals surface area (Å²) in [7, 11) is 0. The van der Waals surface area contributed by atoms with E-state index in [9.17, 15) is 50.4 Å². The van der Waals surface area contributed by atoms with Crippen LogP contribution < -0.4 is 0 Å². The van der Waals surface area contributed by atoms with Crippen molar-refractivity contribution in [1.29, 1.82) is 0 Å². The third-order valence-electron chi connectivity index (χ3n) is 1.08. The van der Waals surface area contributed by atoms with E-state index in [1.807, 2.05) is 0 Å². The van der Waals surface area contributed by atoms with E-state index >= 15 is 0 Å². The van der Waals surface area contributed by atoms with Gasteiger partial charge >= 0.3 is 89.5 Å². The first-order valence-corrected chi connectivity index (χ1v) is 22.3. The molecule has 0 fully saturated rings. The van der Waals surface area contributed by atoms with Gasteiger partial charge in [0.25, 0.3) is 0 Å². The van der Waals surface area contributed by atoms with E-state index in [4.69, 9.17) is 0 Å². The van der Waals surface area contributed by atoms with Crippen molar-refractivity contribution in [3.05, 3.63) is 0 Å². The second-order valence-corrected chi connectivity index (χ2v) is 55.1. The van der Waals surface area contributed by atoms with Gasteiger partial charge in [-0.2, -0.15) is 0 Å². The SMILES string of the molecule is F[PH](F)(F)[Pt]([PH](F)(F)F)([PH](F)(F)F)[PH](F)(F)F. The van der Waals surface area contributed by atoms with Crippen molar-refractivity contribution in [2.24, 2.45) is 0 Å². The van der Waals surface area contributed by atoms with Crippen LogP contribution in [0.1, 0.15) is 0 Å². The van der Waals surface area contributed by atoms with Gasteiger partial charge in [0.1, 0.15) is 0 Å². The molecule has 0 atom stereocenters. The topological polar surface area (TPSA) is 0 Å². The molecule has 0 unspecified atom stereocenters. The van der Waals surface area contributed by atoms with Gasteiger partial charge in [0, 0.05) is 0 Å². The Morgan fingerprint density at radius 3 is 0.471 bits per heavy atom. The molecule has 0 amide bonds. The third kappa shape index (κ3) is 3.02. The summed E-state index contributed by atoms with van der Waals surface area (Å²) < 4.78 is 144. The minimum absolute atomic E-state index is 8.85. The van der Waals surface area contributed by atoms with Gasteiger partial charge < -0.3 is 0 Å². The predicted molar refractivity (Wildman–Crippen MR) is 46.6 cm³/mol.